The molecule has 3 heteroatoms. The van der Waals surface area contributed by atoms with Gasteiger partial charge in [-0.3, -0.25) is 4.98 Å². The van der Waals surface area contributed by atoms with Crippen LogP contribution in [0, 0.1) is 0 Å². The summed E-state index contributed by atoms with van der Waals surface area (Å²) in [5, 5.41) is 10.2. The average Bonchev–Trinajstić information content (AvgIpc) is 3.24. The summed E-state index contributed by atoms with van der Waals surface area (Å²) in [5.41, 5.74) is 9.40. The largest absolute Gasteiger partial charge is 0.264 e. The van der Waals surface area contributed by atoms with Gasteiger partial charge in [0.25, 0.3) is 0 Å². The maximum atomic E-state index is 5.13. The zero-order valence-electron chi connectivity index (χ0n) is 28.2. The van der Waals surface area contributed by atoms with Gasteiger partial charge in [-0.05, 0) is 83.5 Å². The van der Waals surface area contributed by atoms with Crippen LogP contribution in [0.25, 0.3) is 99.2 Å². The molecule has 0 spiro atoms. The highest BCUT2D eigenvalue weighted by molar-refractivity contribution is 6.33. The fraction of sp³-hybridized carbons (Fsp3) is 0. The fourth-order valence-electron chi connectivity index (χ4n) is 7.65. The van der Waals surface area contributed by atoms with E-state index in [1.54, 1.807) is 6.20 Å². The van der Waals surface area contributed by atoms with Crippen molar-refractivity contribution in [2.45, 2.75) is 0 Å². The molecule has 52 heavy (non-hydrogen) atoms. The summed E-state index contributed by atoms with van der Waals surface area (Å²) in [4.78, 5) is 14.5. The summed E-state index contributed by atoms with van der Waals surface area (Å²) in [7, 11) is 0. The average molecular weight is 662 g/mol. The highest BCUT2D eigenvalue weighted by Gasteiger charge is 2.16. The van der Waals surface area contributed by atoms with Crippen LogP contribution in [0.5, 0.6) is 0 Å². The van der Waals surface area contributed by atoms with Crippen LogP contribution >= 0.6 is 0 Å². The Hall–Kier alpha value is -6.97. The first kappa shape index (κ1) is 29.9. The summed E-state index contributed by atoms with van der Waals surface area (Å²) >= 11 is 0. The Kier molecular flexibility index (Phi) is 7.14. The smallest absolute Gasteiger partial charge is 0.160 e. The maximum absolute atomic E-state index is 5.13. The SMILES string of the molecule is c1ccc(-c2cc(-c3ccc(-c4cccnc4)cc3)nc(-c3ccc(-c4cc5c6ccccc6c6ccccc6c5c5ccccc45)cc3)n2)cc1. The molecule has 0 N–H and O–H groups in total. The van der Waals surface area contributed by atoms with Gasteiger partial charge >= 0.3 is 0 Å². The number of fused-ring (bicyclic) bond motifs is 8. The van der Waals surface area contributed by atoms with E-state index in [4.69, 9.17) is 9.97 Å². The molecular weight excluding hydrogens is 631 g/mol. The van der Waals surface area contributed by atoms with E-state index >= 15 is 0 Å². The van der Waals surface area contributed by atoms with E-state index in [1.165, 1.54) is 48.7 Å². The normalized spacial score (nSPS) is 11.5. The second-order valence-electron chi connectivity index (χ2n) is 13.2. The van der Waals surface area contributed by atoms with Crippen molar-refractivity contribution in [2.24, 2.45) is 0 Å². The molecule has 0 saturated carbocycles. The summed E-state index contributed by atoms with van der Waals surface area (Å²) < 4.78 is 0. The Morgan fingerprint density at radius 3 is 1.44 bits per heavy atom. The van der Waals surface area contributed by atoms with Crippen LogP contribution in [-0.4, -0.2) is 15.0 Å². The number of pyridine rings is 1. The second kappa shape index (κ2) is 12.4. The number of hydrogen-bond acceptors (Lipinski definition) is 3. The van der Waals surface area contributed by atoms with Gasteiger partial charge < -0.3 is 0 Å². The summed E-state index contributed by atoms with van der Waals surface area (Å²) in [5.74, 6) is 0.695. The first-order chi connectivity index (χ1) is 25.8. The molecule has 0 saturated heterocycles. The molecule has 10 rings (SSSR count). The van der Waals surface area contributed by atoms with Gasteiger partial charge in [0.15, 0.2) is 5.82 Å². The first-order valence-corrected chi connectivity index (χ1v) is 17.6. The van der Waals surface area contributed by atoms with E-state index < -0.39 is 0 Å². The molecule has 0 aliphatic carbocycles. The van der Waals surface area contributed by atoms with Crippen LogP contribution in [0.1, 0.15) is 0 Å². The molecule has 3 nitrogen and oxygen atoms in total. The topological polar surface area (TPSA) is 38.7 Å². The van der Waals surface area contributed by atoms with Crippen molar-refractivity contribution in [3.63, 3.8) is 0 Å². The number of benzene rings is 8. The van der Waals surface area contributed by atoms with Gasteiger partial charge in [-0.15, -0.1) is 0 Å². The van der Waals surface area contributed by atoms with Crippen LogP contribution in [0.3, 0.4) is 0 Å². The van der Waals surface area contributed by atoms with Gasteiger partial charge in [0.05, 0.1) is 11.4 Å². The van der Waals surface area contributed by atoms with Crippen LogP contribution in [0.2, 0.25) is 0 Å². The lowest BCUT2D eigenvalue weighted by Crippen LogP contribution is -1.96. The van der Waals surface area contributed by atoms with Gasteiger partial charge in [-0.1, -0.05) is 158 Å². The van der Waals surface area contributed by atoms with Gasteiger partial charge in [0, 0.05) is 29.1 Å². The van der Waals surface area contributed by atoms with Gasteiger partial charge in [0.1, 0.15) is 0 Å². The molecule has 8 aromatic carbocycles. The van der Waals surface area contributed by atoms with Crippen LogP contribution < -0.4 is 0 Å². The molecule has 2 aromatic heterocycles. The summed E-state index contributed by atoms with van der Waals surface area (Å²) in [6.45, 7) is 0. The van der Waals surface area contributed by atoms with Crippen molar-refractivity contribution in [2.75, 3.05) is 0 Å². The van der Waals surface area contributed by atoms with Crippen molar-refractivity contribution < 1.29 is 0 Å². The molecular formula is C49H31N3. The standard InChI is InChI=1S/C49H31N3/c1-2-11-34(12-3-1)46-30-47(35-24-20-32(21-25-35)37-13-10-28-50-31-37)52-49(51-46)36-26-22-33(23-27-36)44-29-45-40-16-5-4-14-38(40)39-15-6-8-18-42(39)48(45)43-19-9-7-17-41(43)44/h1-31H. The highest BCUT2D eigenvalue weighted by Crippen LogP contribution is 2.43. The molecule has 0 atom stereocenters. The zero-order valence-corrected chi connectivity index (χ0v) is 28.2. The minimum Gasteiger partial charge on any atom is -0.264 e. The van der Waals surface area contributed by atoms with Crippen molar-refractivity contribution >= 4 is 43.1 Å². The molecule has 2 heterocycles. The Morgan fingerprint density at radius 2 is 0.788 bits per heavy atom. The molecule has 0 aliphatic heterocycles. The Balaban J connectivity index is 1.11. The lowest BCUT2D eigenvalue weighted by Gasteiger charge is -2.16. The lowest BCUT2D eigenvalue weighted by atomic mass is 9.87. The minimum absolute atomic E-state index is 0.695. The molecule has 242 valence electrons. The van der Waals surface area contributed by atoms with Gasteiger partial charge in [0.2, 0.25) is 0 Å². The molecule has 0 radical (unpaired) electrons. The predicted molar refractivity (Wildman–Crippen MR) is 217 cm³/mol. The minimum atomic E-state index is 0.695. The Labute approximate surface area is 301 Å². The molecule has 0 unspecified atom stereocenters. The quantitative estimate of drug-likeness (QED) is 0.172. The Morgan fingerprint density at radius 1 is 0.308 bits per heavy atom. The van der Waals surface area contributed by atoms with E-state index in [9.17, 15) is 0 Å². The van der Waals surface area contributed by atoms with Crippen molar-refractivity contribution in [1.82, 2.24) is 15.0 Å². The van der Waals surface area contributed by atoms with Gasteiger partial charge in [-0.2, -0.15) is 0 Å². The van der Waals surface area contributed by atoms with Gasteiger partial charge in [-0.25, -0.2) is 9.97 Å². The van der Waals surface area contributed by atoms with Crippen molar-refractivity contribution in [1.29, 1.82) is 0 Å². The highest BCUT2D eigenvalue weighted by atomic mass is 14.9. The van der Waals surface area contributed by atoms with Crippen molar-refractivity contribution in [3.05, 3.63) is 188 Å². The molecule has 10 aromatic rings. The summed E-state index contributed by atoms with van der Waals surface area (Å²) in [6, 6.07) is 62.5. The van der Waals surface area contributed by atoms with Crippen LogP contribution in [0.4, 0.5) is 0 Å². The second-order valence-corrected chi connectivity index (χ2v) is 13.2. The monoisotopic (exact) mass is 661 g/mol. The zero-order chi connectivity index (χ0) is 34.4. The summed E-state index contributed by atoms with van der Waals surface area (Å²) in [6.07, 6.45) is 3.69. The molecule has 0 bridgehead atoms. The number of nitrogens with zero attached hydrogens (tertiary/aromatic N) is 3. The van der Waals surface area contributed by atoms with Crippen molar-refractivity contribution in [3.8, 4) is 56.2 Å². The van der Waals surface area contributed by atoms with E-state index in [-0.39, 0.29) is 0 Å². The predicted octanol–water partition coefficient (Wildman–Crippen LogP) is 12.8. The molecule has 0 fully saturated rings. The third-order valence-corrected chi connectivity index (χ3v) is 10.2. The maximum Gasteiger partial charge on any atom is 0.160 e. The van der Waals surface area contributed by atoms with E-state index in [0.717, 1.165) is 44.8 Å². The number of rotatable bonds is 5. The van der Waals surface area contributed by atoms with E-state index in [0.29, 0.717) is 5.82 Å². The van der Waals surface area contributed by atoms with E-state index in [2.05, 4.69) is 157 Å². The third kappa shape index (κ3) is 5.10. The number of hydrogen-bond donors (Lipinski definition) is 0. The van der Waals surface area contributed by atoms with Crippen LogP contribution in [0.15, 0.2) is 188 Å². The van der Waals surface area contributed by atoms with Crippen LogP contribution in [-0.2, 0) is 0 Å². The first-order valence-electron chi connectivity index (χ1n) is 17.6. The molecule has 0 amide bonds. The van der Waals surface area contributed by atoms with E-state index in [1.807, 2.05) is 30.5 Å². The lowest BCUT2D eigenvalue weighted by molar-refractivity contribution is 1.18. The third-order valence-electron chi connectivity index (χ3n) is 10.2. The molecule has 0 aliphatic rings. The Bertz CT molecular complexity index is 2920. The fourth-order valence-corrected chi connectivity index (χ4v) is 7.65. The number of aromatic nitrogens is 3.